The van der Waals surface area contributed by atoms with Crippen LogP contribution in [0.25, 0.3) is 0 Å². The van der Waals surface area contributed by atoms with Crippen LogP contribution < -0.4 is 5.32 Å². The van der Waals surface area contributed by atoms with Crippen LogP contribution in [0.2, 0.25) is 5.02 Å². The lowest BCUT2D eigenvalue weighted by atomic mass is 9.75. The van der Waals surface area contributed by atoms with E-state index in [1.807, 2.05) is 12.1 Å². The maximum Gasteiger partial charge on any atom is 0.0406 e. The molecule has 2 unspecified atom stereocenters. The van der Waals surface area contributed by atoms with E-state index >= 15 is 0 Å². The smallest absolute Gasteiger partial charge is 0.0406 e. The second-order valence-corrected chi connectivity index (χ2v) is 7.07. The maximum absolute atomic E-state index is 5.97. The molecule has 1 fully saturated rings. The Labute approximate surface area is 122 Å². The first-order chi connectivity index (χ1) is 9.00. The van der Waals surface area contributed by atoms with Crippen molar-refractivity contribution < 1.29 is 0 Å². The summed E-state index contributed by atoms with van der Waals surface area (Å²) in [6.07, 6.45) is 6.44. The first kappa shape index (κ1) is 14.9. The molecule has 1 nitrogen and oxygen atoms in total. The van der Waals surface area contributed by atoms with E-state index in [9.17, 15) is 0 Å². The van der Waals surface area contributed by atoms with Crippen molar-refractivity contribution in [2.45, 2.75) is 65.0 Å². The van der Waals surface area contributed by atoms with Crippen LogP contribution in [0.5, 0.6) is 0 Å². The van der Waals surface area contributed by atoms with Crippen LogP contribution in [0.4, 0.5) is 0 Å². The molecule has 1 N–H and O–H groups in total. The highest BCUT2D eigenvalue weighted by Crippen LogP contribution is 2.36. The number of nitrogens with one attached hydrogen (secondary N) is 1. The van der Waals surface area contributed by atoms with E-state index in [1.54, 1.807) is 0 Å². The largest absolute Gasteiger partial charge is 0.307 e. The summed E-state index contributed by atoms with van der Waals surface area (Å²) in [5.74, 6) is 0. The van der Waals surface area contributed by atoms with Gasteiger partial charge in [-0.2, -0.15) is 0 Å². The van der Waals surface area contributed by atoms with E-state index in [0.29, 0.717) is 17.5 Å². The van der Waals surface area contributed by atoms with E-state index in [4.69, 9.17) is 11.6 Å². The molecule has 1 aliphatic carbocycles. The number of hydrogen-bond donors (Lipinski definition) is 1. The molecule has 1 aliphatic rings. The van der Waals surface area contributed by atoms with Crippen molar-refractivity contribution in [1.82, 2.24) is 5.32 Å². The fraction of sp³-hybridized carbons (Fsp3) is 0.647. The molecular weight excluding hydrogens is 254 g/mol. The highest BCUT2D eigenvalue weighted by Gasteiger charge is 2.29. The second kappa shape index (κ2) is 6.28. The first-order valence-corrected chi connectivity index (χ1v) is 7.89. The fourth-order valence-corrected chi connectivity index (χ4v) is 3.40. The topological polar surface area (TPSA) is 12.0 Å². The predicted octanol–water partition coefficient (Wildman–Crippen LogP) is 5.35. The van der Waals surface area contributed by atoms with E-state index in [1.165, 1.54) is 31.2 Å². The summed E-state index contributed by atoms with van der Waals surface area (Å²) in [6, 6.07) is 9.40. The molecule has 1 saturated carbocycles. The third-order valence-corrected chi connectivity index (χ3v) is 4.57. The van der Waals surface area contributed by atoms with Crippen molar-refractivity contribution in [2.75, 3.05) is 0 Å². The lowest BCUT2D eigenvalue weighted by Gasteiger charge is -2.37. The van der Waals surface area contributed by atoms with Gasteiger partial charge in [0.2, 0.25) is 0 Å². The quantitative estimate of drug-likeness (QED) is 0.783. The molecule has 0 heterocycles. The van der Waals surface area contributed by atoms with Gasteiger partial charge in [0, 0.05) is 17.1 Å². The van der Waals surface area contributed by atoms with E-state index in [2.05, 4.69) is 38.2 Å². The highest BCUT2D eigenvalue weighted by atomic mass is 35.5. The average Bonchev–Trinajstić information content (AvgIpc) is 2.36. The lowest BCUT2D eigenvalue weighted by molar-refractivity contribution is 0.188. The first-order valence-electron chi connectivity index (χ1n) is 7.52. The minimum atomic E-state index is 0.455. The molecule has 0 aliphatic heterocycles. The average molecular weight is 280 g/mol. The van der Waals surface area contributed by atoms with Gasteiger partial charge >= 0.3 is 0 Å². The molecule has 2 rings (SSSR count). The van der Waals surface area contributed by atoms with Gasteiger partial charge < -0.3 is 5.32 Å². The lowest BCUT2D eigenvalue weighted by Crippen LogP contribution is -2.39. The molecule has 1 aromatic rings. The van der Waals surface area contributed by atoms with Crippen LogP contribution in [0.3, 0.4) is 0 Å². The van der Waals surface area contributed by atoms with Gasteiger partial charge in [-0.25, -0.2) is 0 Å². The molecule has 0 aromatic heterocycles. The van der Waals surface area contributed by atoms with Crippen LogP contribution >= 0.6 is 11.6 Å². The summed E-state index contributed by atoms with van der Waals surface area (Å²) >= 11 is 5.97. The summed E-state index contributed by atoms with van der Waals surface area (Å²) in [7, 11) is 0. The highest BCUT2D eigenvalue weighted by molar-refractivity contribution is 6.30. The maximum atomic E-state index is 5.97. The normalized spacial score (nSPS) is 24.1. The molecular formula is C17H26ClN. The third-order valence-electron chi connectivity index (χ3n) is 4.32. The SMILES string of the molecule is CCC(NC1CCCC(C)(C)C1)c1ccc(Cl)cc1. The molecule has 1 aromatic carbocycles. The van der Waals surface area contributed by atoms with E-state index in [0.717, 1.165) is 11.4 Å². The Hall–Kier alpha value is -0.530. The van der Waals surface area contributed by atoms with Crippen LogP contribution in [0.1, 0.15) is 64.5 Å². The van der Waals surface area contributed by atoms with Gasteiger partial charge in [-0.3, -0.25) is 0 Å². The van der Waals surface area contributed by atoms with Crippen molar-refractivity contribution in [2.24, 2.45) is 5.41 Å². The molecule has 106 valence electrons. The molecule has 0 bridgehead atoms. The summed E-state index contributed by atoms with van der Waals surface area (Å²) in [4.78, 5) is 0. The standard InChI is InChI=1S/C17H26ClN/c1-4-16(13-7-9-14(18)10-8-13)19-15-6-5-11-17(2,3)12-15/h7-10,15-16,19H,4-6,11-12H2,1-3H3. The zero-order valence-corrected chi connectivity index (χ0v) is 13.1. The Balaban J connectivity index is 2.01. The molecule has 19 heavy (non-hydrogen) atoms. The van der Waals surface area contributed by atoms with Crippen LogP contribution in [0, 0.1) is 5.41 Å². The molecule has 2 heteroatoms. The Morgan fingerprint density at radius 3 is 2.58 bits per heavy atom. The van der Waals surface area contributed by atoms with E-state index in [-0.39, 0.29) is 0 Å². The van der Waals surface area contributed by atoms with Crippen molar-refractivity contribution in [1.29, 1.82) is 0 Å². The van der Waals surface area contributed by atoms with Gasteiger partial charge in [-0.15, -0.1) is 0 Å². The van der Waals surface area contributed by atoms with Gasteiger partial charge in [-0.1, -0.05) is 50.9 Å². The second-order valence-electron chi connectivity index (χ2n) is 6.64. The number of rotatable bonds is 4. The summed E-state index contributed by atoms with van der Waals surface area (Å²) in [5.41, 5.74) is 1.85. The Morgan fingerprint density at radius 1 is 1.32 bits per heavy atom. The van der Waals surface area contributed by atoms with Gasteiger partial charge in [0.25, 0.3) is 0 Å². The fourth-order valence-electron chi connectivity index (χ4n) is 3.27. The molecule has 0 amide bonds. The van der Waals surface area contributed by atoms with Gasteiger partial charge in [0.05, 0.1) is 0 Å². The summed E-state index contributed by atoms with van der Waals surface area (Å²) < 4.78 is 0. The van der Waals surface area contributed by atoms with Crippen molar-refractivity contribution in [3.05, 3.63) is 34.9 Å². The van der Waals surface area contributed by atoms with Gasteiger partial charge in [-0.05, 0) is 48.8 Å². The van der Waals surface area contributed by atoms with Crippen LogP contribution in [-0.4, -0.2) is 6.04 Å². The van der Waals surface area contributed by atoms with Gasteiger partial charge in [0.1, 0.15) is 0 Å². The molecule has 0 radical (unpaired) electrons. The van der Waals surface area contributed by atoms with Gasteiger partial charge in [0.15, 0.2) is 0 Å². The summed E-state index contributed by atoms with van der Waals surface area (Å²) in [5, 5.41) is 4.67. The zero-order chi connectivity index (χ0) is 13.9. The Kier molecular flexibility index (Phi) is 4.92. The minimum Gasteiger partial charge on any atom is -0.307 e. The van der Waals surface area contributed by atoms with Crippen molar-refractivity contribution in [3.8, 4) is 0 Å². The number of benzene rings is 1. The third kappa shape index (κ3) is 4.22. The molecule has 0 spiro atoms. The summed E-state index contributed by atoms with van der Waals surface area (Å²) in [6.45, 7) is 7.04. The van der Waals surface area contributed by atoms with Crippen molar-refractivity contribution in [3.63, 3.8) is 0 Å². The number of halogens is 1. The Bertz CT molecular complexity index is 396. The van der Waals surface area contributed by atoms with Crippen LogP contribution in [-0.2, 0) is 0 Å². The van der Waals surface area contributed by atoms with Crippen molar-refractivity contribution >= 4 is 11.6 Å². The molecule has 2 atom stereocenters. The number of hydrogen-bond acceptors (Lipinski definition) is 1. The zero-order valence-electron chi connectivity index (χ0n) is 12.4. The monoisotopic (exact) mass is 279 g/mol. The minimum absolute atomic E-state index is 0.455. The predicted molar refractivity (Wildman–Crippen MR) is 83.7 cm³/mol. The van der Waals surface area contributed by atoms with Crippen LogP contribution in [0.15, 0.2) is 24.3 Å². The Morgan fingerprint density at radius 2 is 2.00 bits per heavy atom. The molecule has 0 saturated heterocycles. The van der Waals surface area contributed by atoms with E-state index < -0.39 is 0 Å².